The van der Waals surface area contributed by atoms with Crippen molar-refractivity contribution in [3.05, 3.63) is 12.7 Å². The van der Waals surface area contributed by atoms with E-state index in [1.165, 1.54) is 17.7 Å². The van der Waals surface area contributed by atoms with Crippen LogP contribution in [0.1, 0.15) is 25.7 Å². The Bertz CT molecular complexity index is 348. The van der Waals surface area contributed by atoms with Crippen molar-refractivity contribution >= 4 is 12.0 Å². The number of amides is 2. The zero-order valence-corrected chi connectivity index (χ0v) is 10.5. The van der Waals surface area contributed by atoms with Crippen LogP contribution in [-0.4, -0.2) is 52.6 Å². The third-order valence-corrected chi connectivity index (χ3v) is 3.33. The molecule has 0 atom stereocenters. The zero-order valence-electron chi connectivity index (χ0n) is 10.5. The largest absolute Gasteiger partial charge is 0.480 e. The van der Waals surface area contributed by atoms with Crippen LogP contribution < -0.4 is 0 Å². The van der Waals surface area contributed by atoms with Gasteiger partial charge in [-0.1, -0.05) is 6.08 Å². The van der Waals surface area contributed by atoms with Crippen molar-refractivity contribution in [3.8, 4) is 0 Å². The van der Waals surface area contributed by atoms with Crippen LogP contribution in [0, 0.1) is 5.92 Å². The van der Waals surface area contributed by atoms with Gasteiger partial charge in [0.25, 0.3) is 0 Å². The smallest absolute Gasteiger partial charge is 0.323 e. The normalized spacial score (nSPS) is 18.2. The summed E-state index contributed by atoms with van der Waals surface area (Å²) in [4.78, 5) is 26.4. The summed E-state index contributed by atoms with van der Waals surface area (Å²) >= 11 is 0. The molecule has 2 saturated carbocycles. The van der Waals surface area contributed by atoms with Gasteiger partial charge < -0.3 is 14.9 Å². The summed E-state index contributed by atoms with van der Waals surface area (Å²) in [5, 5.41) is 8.84. The first-order chi connectivity index (χ1) is 8.61. The fourth-order valence-electron chi connectivity index (χ4n) is 2.06. The van der Waals surface area contributed by atoms with Crippen molar-refractivity contribution < 1.29 is 14.7 Å². The molecule has 0 unspecified atom stereocenters. The van der Waals surface area contributed by atoms with Gasteiger partial charge in [-0.05, 0) is 31.6 Å². The molecule has 0 radical (unpaired) electrons. The Morgan fingerprint density at radius 3 is 2.39 bits per heavy atom. The molecule has 0 aromatic heterocycles. The molecule has 5 heteroatoms. The highest BCUT2D eigenvalue weighted by Gasteiger charge is 2.38. The van der Waals surface area contributed by atoms with E-state index in [1.54, 1.807) is 6.08 Å². The fourth-order valence-corrected chi connectivity index (χ4v) is 2.06. The SMILES string of the molecule is C=CCN(CC(=O)O)C(=O)N(CC1CC1)C1CC1. The third kappa shape index (κ3) is 3.48. The van der Waals surface area contributed by atoms with Gasteiger partial charge >= 0.3 is 12.0 Å². The Morgan fingerprint density at radius 2 is 1.94 bits per heavy atom. The maximum Gasteiger partial charge on any atom is 0.323 e. The molecule has 2 rings (SSSR count). The lowest BCUT2D eigenvalue weighted by Crippen LogP contribution is -2.47. The molecule has 2 amide bonds. The molecule has 18 heavy (non-hydrogen) atoms. The third-order valence-electron chi connectivity index (χ3n) is 3.33. The monoisotopic (exact) mass is 252 g/mol. The summed E-state index contributed by atoms with van der Waals surface area (Å²) in [5.74, 6) is -0.350. The van der Waals surface area contributed by atoms with Crippen molar-refractivity contribution in [2.75, 3.05) is 19.6 Å². The van der Waals surface area contributed by atoms with Gasteiger partial charge in [0.2, 0.25) is 0 Å². The van der Waals surface area contributed by atoms with E-state index in [2.05, 4.69) is 6.58 Å². The lowest BCUT2D eigenvalue weighted by atomic mass is 10.3. The van der Waals surface area contributed by atoms with Crippen LogP contribution in [0.2, 0.25) is 0 Å². The minimum atomic E-state index is -0.979. The molecule has 1 N–H and O–H groups in total. The van der Waals surface area contributed by atoms with Crippen LogP contribution in [0.3, 0.4) is 0 Å². The van der Waals surface area contributed by atoms with E-state index in [-0.39, 0.29) is 12.6 Å². The molecule has 0 heterocycles. The van der Waals surface area contributed by atoms with Crippen molar-refractivity contribution in [2.45, 2.75) is 31.7 Å². The Hall–Kier alpha value is -1.52. The van der Waals surface area contributed by atoms with E-state index < -0.39 is 5.97 Å². The van der Waals surface area contributed by atoms with Gasteiger partial charge in [0.15, 0.2) is 0 Å². The molecule has 2 aliphatic carbocycles. The molecule has 0 aromatic rings. The van der Waals surface area contributed by atoms with Crippen LogP contribution in [0.5, 0.6) is 0 Å². The number of carboxylic acid groups (broad SMARTS) is 1. The van der Waals surface area contributed by atoms with E-state index in [0.717, 1.165) is 19.4 Å². The first kappa shape index (κ1) is 12.9. The van der Waals surface area contributed by atoms with Crippen molar-refractivity contribution in [1.29, 1.82) is 0 Å². The second-order valence-corrected chi connectivity index (χ2v) is 5.17. The number of nitrogens with zero attached hydrogens (tertiary/aromatic N) is 2. The van der Waals surface area contributed by atoms with Crippen LogP contribution in [0.25, 0.3) is 0 Å². The molecule has 5 nitrogen and oxygen atoms in total. The zero-order chi connectivity index (χ0) is 13.1. The van der Waals surface area contributed by atoms with Gasteiger partial charge in [0.1, 0.15) is 6.54 Å². The summed E-state index contributed by atoms with van der Waals surface area (Å²) in [7, 11) is 0. The quantitative estimate of drug-likeness (QED) is 0.699. The maximum absolute atomic E-state index is 12.4. The van der Waals surface area contributed by atoms with E-state index >= 15 is 0 Å². The van der Waals surface area contributed by atoms with Crippen LogP contribution in [0.15, 0.2) is 12.7 Å². The van der Waals surface area contributed by atoms with Gasteiger partial charge in [0.05, 0.1) is 0 Å². The van der Waals surface area contributed by atoms with Gasteiger partial charge in [-0.3, -0.25) is 4.79 Å². The summed E-state index contributed by atoms with van der Waals surface area (Å²) < 4.78 is 0. The maximum atomic E-state index is 12.4. The number of rotatable bonds is 7. The highest BCUT2D eigenvalue weighted by molar-refractivity contribution is 5.80. The second-order valence-electron chi connectivity index (χ2n) is 5.17. The van der Waals surface area contributed by atoms with Crippen LogP contribution in [-0.2, 0) is 4.79 Å². The molecule has 0 aromatic carbocycles. The average molecular weight is 252 g/mol. The predicted molar refractivity (Wildman–Crippen MR) is 67.3 cm³/mol. The van der Waals surface area contributed by atoms with Crippen molar-refractivity contribution in [1.82, 2.24) is 9.80 Å². The van der Waals surface area contributed by atoms with Gasteiger partial charge in [-0.2, -0.15) is 0 Å². The summed E-state index contributed by atoms with van der Waals surface area (Å²) in [5.41, 5.74) is 0. The standard InChI is InChI=1S/C13H20N2O3/c1-2-7-14(9-12(16)17)13(18)15(11-5-6-11)8-10-3-4-10/h2,10-11H,1,3-9H2,(H,16,17). The summed E-state index contributed by atoms with van der Waals surface area (Å²) in [6, 6.07) is 0.186. The second kappa shape index (κ2) is 5.42. The van der Waals surface area contributed by atoms with Crippen LogP contribution in [0.4, 0.5) is 4.79 Å². The summed E-state index contributed by atoms with van der Waals surface area (Å²) in [6.07, 6.45) is 6.05. The molecule has 0 aliphatic heterocycles. The van der Waals surface area contributed by atoms with Gasteiger partial charge in [-0.25, -0.2) is 4.79 Å². The number of hydrogen-bond donors (Lipinski definition) is 1. The highest BCUT2D eigenvalue weighted by atomic mass is 16.4. The van der Waals surface area contributed by atoms with E-state index in [1.807, 2.05) is 4.90 Å². The molecular weight excluding hydrogens is 232 g/mol. The number of urea groups is 1. The van der Waals surface area contributed by atoms with Crippen molar-refractivity contribution in [2.24, 2.45) is 5.92 Å². The fraction of sp³-hybridized carbons (Fsp3) is 0.692. The number of aliphatic carboxylic acids is 1. The Labute approximate surface area is 107 Å². The number of hydrogen-bond acceptors (Lipinski definition) is 2. The Balaban J connectivity index is 1.98. The van der Waals surface area contributed by atoms with Crippen molar-refractivity contribution in [3.63, 3.8) is 0 Å². The minimum Gasteiger partial charge on any atom is -0.480 e. The molecular formula is C13H20N2O3. The highest BCUT2D eigenvalue weighted by Crippen LogP contribution is 2.35. The topological polar surface area (TPSA) is 60.9 Å². The Morgan fingerprint density at radius 1 is 1.28 bits per heavy atom. The Kier molecular flexibility index (Phi) is 3.89. The number of carbonyl (C=O) groups is 2. The lowest BCUT2D eigenvalue weighted by Gasteiger charge is -2.29. The molecule has 0 spiro atoms. The predicted octanol–water partition coefficient (Wildman–Crippen LogP) is 1.55. The molecule has 0 bridgehead atoms. The van der Waals surface area contributed by atoms with E-state index in [9.17, 15) is 9.59 Å². The first-order valence-electron chi connectivity index (χ1n) is 6.50. The minimum absolute atomic E-state index is 0.147. The number of carboxylic acids is 1. The molecule has 0 saturated heterocycles. The first-order valence-corrected chi connectivity index (χ1v) is 6.50. The van der Waals surface area contributed by atoms with Crippen LogP contribution >= 0.6 is 0 Å². The van der Waals surface area contributed by atoms with Gasteiger partial charge in [0, 0.05) is 19.1 Å². The van der Waals surface area contributed by atoms with E-state index in [4.69, 9.17) is 5.11 Å². The lowest BCUT2D eigenvalue weighted by molar-refractivity contribution is -0.137. The molecule has 2 fully saturated rings. The average Bonchev–Trinajstić information content (AvgIpc) is 3.14. The molecule has 100 valence electrons. The number of carbonyl (C=O) groups excluding carboxylic acids is 1. The summed E-state index contributed by atoms with van der Waals surface area (Å²) in [6.45, 7) is 4.41. The van der Waals surface area contributed by atoms with Gasteiger partial charge in [-0.15, -0.1) is 6.58 Å². The van der Waals surface area contributed by atoms with E-state index in [0.29, 0.717) is 18.5 Å². The molecule has 2 aliphatic rings.